The minimum absolute atomic E-state index is 0.00963. The summed E-state index contributed by atoms with van der Waals surface area (Å²) in [5, 5.41) is 34.2. The Kier molecular flexibility index (Phi) is 26.4. The van der Waals surface area contributed by atoms with E-state index in [0.717, 1.165) is 120 Å². The van der Waals surface area contributed by atoms with E-state index < -0.39 is 6.10 Å². The number of nitrogens with zero attached hydrogens (tertiary/aromatic N) is 3. The van der Waals surface area contributed by atoms with Crippen LogP contribution in [0.1, 0.15) is 282 Å². The molecule has 0 saturated heterocycles. The Morgan fingerprint density at radius 3 is 1.53 bits per heavy atom. The van der Waals surface area contributed by atoms with Crippen molar-refractivity contribution in [2.45, 2.75) is 293 Å². The van der Waals surface area contributed by atoms with Gasteiger partial charge in [-0.15, -0.1) is 0 Å². The fourth-order valence-corrected chi connectivity index (χ4v) is 20.2. The van der Waals surface area contributed by atoms with Crippen molar-refractivity contribution in [1.82, 2.24) is 15.5 Å². The normalized spacial score (nSPS) is 35.6. The summed E-state index contributed by atoms with van der Waals surface area (Å²) in [5.74, 6) is 6.08. The Morgan fingerprint density at radius 1 is 0.565 bits per heavy atom. The Balaban J connectivity index is 0.000000215. The van der Waals surface area contributed by atoms with Crippen molar-refractivity contribution in [2.75, 3.05) is 19.8 Å². The summed E-state index contributed by atoms with van der Waals surface area (Å²) >= 11 is 0. The molecule has 13 rings (SSSR count). The summed E-state index contributed by atoms with van der Waals surface area (Å²) in [4.78, 5) is 35.8. The summed E-state index contributed by atoms with van der Waals surface area (Å²) in [5.41, 5.74) is 7.39. The average molecular weight is 1280 g/mol. The van der Waals surface area contributed by atoms with E-state index in [1.807, 2.05) is 53.9 Å². The number of carbonyl (C=O) groups excluding carboxylic acids is 3. The molecule has 13 nitrogen and oxygen atoms in total. The lowest BCUT2D eigenvalue weighted by Crippen LogP contribution is -2.61. The molecule has 10 aliphatic rings. The monoisotopic (exact) mass is 1280 g/mol. The second-order valence-electron chi connectivity index (χ2n) is 31.4. The first-order valence-corrected chi connectivity index (χ1v) is 37.0. The van der Waals surface area contributed by atoms with E-state index in [0.29, 0.717) is 54.0 Å². The maximum absolute atomic E-state index is 14.2. The molecule has 6 fully saturated rings. The van der Waals surface area contributed by atoms with Gasteiger partial charge in [0.25, 0.3) is 0 Å². The Hall–Kier alpha value is -4.36. The summed E-state index contributed by atoms with van der Waals surface area (Å²) in [6, 6.07) is 0. The number of ether oxygens (including phenoxy) is 2. The highest BCUT2D eigenvalue weighted by atomic mass is 16.5. The van der Waals surface area contributed by atoms with E-state index in [-0.39, 0.29) is 74.2 Å². The van der Waals surface area contributed by atoms with E-state index in [1.54, 1.807) is 13.1 Å². The van der Waals surface area contributed by atoms with Gasteiger partial charge in [0.1, 0.15) is 17.3 Å². The first-order valence-electron chi connectivity index (χ1n) is 37.0. The van der Waals surface area contributed by atoms with Crippen molar-refractivity contribution in [3.8, 4) is 0 Å². The van der Waals surface area contributed by atoms with Crippen LogP contribution in [0.5, 0.6) is 0 Å². The van der Waals surface area contributed by atoms with E-state index in [1.165, 1.54) is 80.2 Å². The third-order valence-electron chi connectivity index (χ3n) is 25.3. The van der Waals surface area contributed by atoms with Crippen LogP contribution in [0.4, 0.5) is 0 Å². The summed E-state index contributed by atoms with van der Waals surface area (Å²) < 4.78 is 26.2. The number of allylic oxidation sites excluding steroid dienone is 3. The fourth-order valence-electron chi connectivity index (χ4n) is 20.2. The van der Waals surface area contributed by atoms with Gasteiger partial charge in [-0.25, -0.2) is 0 Å². The number of aliphatic hydroxyl groups is 2. The number of hydrogen-bond acceptors (Lipinski definition) is 13. The molecule has 0 amide bonds. The largest absolute Gasteiger partial charge is 0.466 e. The van der Waals surface area contributed by atoms with E-state index in [4.69, 9.17) is 18.3 Å². The number of unbranched alkanes of at least 4 members (excludes halogenated alkanes) is 1. The van der Waals surface area contributed by atoms with Crippen molar-refractivity contribution < 1.29 is 47.6 Å². The molecule has 2 N–H and O–H groups in total. The van der Waals surface area contributed by atoms with Crippen molar-refractivity contribution in [3.05, 3.63) is 75.9 Å². The van der Waals surface area contributed by atoms with Crippen molar-refractivity contribution in [1.29, 1.82) is 0 Å². The van der Waals surface area contributed by atoms with Crippen LogP contribution in [-0.2, 0) is 62.4 Å². The number of ketones is 1. The molecule has 0 bridgehead atoms. The smallest absolute Gasteiger partial charge is 0.302 e. The molecule has 10 aliphatic carbocycles. The molecule has 3 aromatic heterocycles. The van der Waals surface area contributed by atoms with Crippen molar-refractivity contribution in [2.24, 2.45) is 90.7 Å². The van der Waals surface area contributed by atoms with Crippen LogP contribution in [0.25, 0.3) is 0 Å². The maximum atomic E-state index is 14.2. The zero-order chi connectivity index (χ0) is 68.4. The molecule has 0 aliphatic heterocycles. The molecule has 15 atom stereocenters. The number of esters is 2. The predicted molar refractivity (Wildman–Crippen MR) is 368 cm³/mol. The number of aryl methyl sites for hydroxylation is 2. The highest BCUT2D eigenvalue weighted by Gasteiger charge is 2.66. The Labute approximate surface area is 557 Å². The molecule has 0 radical (unpaired) electrons. The van der Waals surface area contributed by atoms with Gasteiger partial charge in [0, 0.05) is 67.7 Å². The molecular formula is C79H129N3O10. The van der Waals surface area contributed by atoms with Gasteiger partial charge in [0.2, 0.25) is 0 Å². The SMILES string of the molecule is CC.CC.CC.CC(=O)OCC12CCC3C(C(=O)C=C4C5(C)Cc6cnoc6CC5CCC43C)C1CC(C)(C)CC2.CC1(C)CCC2(CO)CCC3C(C(O)C=C4C5(C)Cc6cnoc6CC5CCC43C)C2C1.CCCC.CCOC(C)=O.CCc1cnoc1CC. The molecule has 6 saturated carbocycles. The quantitative estimate of drug-likeness (QED) is 0.168. The van der Waals surface area contributed by atoms with Crippen LogP contribution in [0.15, 0.2) is 55.5 Å². The Bertz CT molecular complexity index is 2910. The van der Waals surface area contributed by atoms with Gasteiger partial charge in [-0.2, -0.15) is 0 Å². The summed E-state index contributed by atoms with van der Waals surface area (Å²) in [6.07, 6.45) is 33.9. The lowest BCUT2D eigenvalue weighted by molar-refractivity contribution is -0.165. The Morgan fingerprint density at radius 2 is 1.05 bits per heavy atom. The number of fused-ring (bicyclic) bond motifs is 16. The van der Waals surface area contributed by atoms with Gasteiger partial charge in [-0.05, 0) is 201 Å². The van der Waals surface area contributed by atoms with Gasteiger partial charge in [-0.1, -0.05) is 170 Å². The molecule has 0 aromatic carbocycles. The standard InChI is InChI=1S/C30H41NO4.C28H41NO3.C7H11NO.C4H8O2.C4H10.3C2H6/c1-18(32)34-17-30-9-7-21-26(22(30)15-27(2,3)10-11-30)23(33)13-25-28(21,4)8-6-20-12-24-19(16-31-35-24)14-29(20,25)5;1-25(2)9-10-28(16-30)8-6-19-24(20(28)14-25)21(31)12-23-26(19,3)7-5-18-11-22-17(15-29-32-22)13-27(18,23)4;1-3-6-5-8-9-7(6)4-2;1-3-6-4(2)5;1-3-4-2;3*1-2/h13,16,20-22,26H,6-12,14-15,17H2,1-5H3;12,15,18-21,24,30-31H,5-11,13-14,16H2,1-4H3;5H,3-4H2,1-2H3;3H2,1-2H3;3-4H2,1-2H3;3*1-2H3. The zero-order valence-electron chi connectivity index (χ0n) is 61.8. The van der Waals surface area contributed by atoms with E-state index in [2.05, 4.69) is 115 Å². The number of aliphatic hydroxyl groups excluding tert-OH is 2. The van der Waals surface area contributed by atoms with Gasteiger partial charge >= 0.3 is 11.9 Å². The second kappa shape index (κ2) is 31.7. The minimum Gasteiger partial charge on any atom is -0.466 e. The fraction of sp³-hybridized carbons (Fsp3) is 0.797. The number of rotatable bonds is 7. The van der Waals surface area contributed by atoms with E-state index >= 15 is 0 Å². The highest BCUT2D eigenvalue weighted by molar-refractivity contribution is 5.95. The lowest BCUT2D eigenvalue weighted by Gasteiger charge is -2.65. The maximum Gasteiger partial charge on any atom is 0.302 e. The number of aromatic nitrogens is 3. The van der Waals surface area contributed by atoms with Gasteiger partial charge in [0.15, 0.2) is 5.78 Å². The van der Waals surface area contributed by atoms with Crippen molar-refractivity contribution in [3.63, 3.8) is 0 Å². The van der Waals surface area contributed by atoms with Gasteiger partial charge in [-0.3, -0.25) is 14.4 Å². The van der Waals surface area contributed by atoms with Crippen LogP contribution in [-0.4, -0.2) is 69.3 Å². The molecular weight excluding hydrogens is 1150 g/mol. The van der Waals surface area contributed by atoms with Crippen LogP contribution in [0.2, 0.25) is 0 Å². The molecule has 15 unspecified atom stereocenters. The molecule has 92 heavy (non-hydrogen) atoms. The molecule has 3 aromatic rings. The highest BCUT2D eigenvalue weighted by Crippen LogP contribution is 2.72. The van der Waals surface area contributed by atoms with Gasteiger partial charge in [0.05, 0.1) is 37.9 Å². The number of carbonyl (C=O) groups is 3. The summed E-state index contributed by atoms with van der Waals surface area (Å²) in [7, 11) is 0. The molecule has 0 spiro atoms. The molecule has 3 heterocycles. The third-order valence-corrected chi connectivity index (χ3v) is 25.3. The molecule has 520 valence electrons. The zero-order valence-corrected chi connectivity index (χ0v) is 61.8. The molecule has 13 heteroatoms. The first-order chi connectivity index (χ1) is 43.7. The third kappa shape index (κ3) is 15.2. The second-order valence-corrected chi connectivity index (χ2v) is 31.4. The van der Waals surface area contributed by atoms with Crippen LogP contribution in [0, 0.1) is 90.7 Å². The average Bonchev–Trinajstić information content (AvgIpc) is 0.772. The van der Waals surface area contributed by atoms with Crippen molar-refractivity contribution >= 4 is 17.7 Å². The first kappa shape index (κ1) is 76.7. The van der Waals surface area contributed by atoms with Crippen LogP contribution in [0.3, 0.4) is 0 Å². The minimum atomic E-state index is -0.396. The lowest BCUT2D eigenvalue weighted by atomic mass is 9.39. The topological polar surface area (TPSA) is 188 Å². The van der Waals surface area contributed by atoms with Crippen LogP contribution < -0.4 is 0 Å². The number of hydrogen-bond donors (Lipinski definition) is 2. The summed E-state index contributed by atoms with van der Waals surface area (Å²) in [6.45, 7) is 45.8. The predicted octanol–water partition coefficient (Wildman–Crippen LogP) is 18.7. The van der Waals surface area contributed by atoms with E-state index in [9.17, 15) is 24.6 Å². The van der Waals surface area contributed by atoms with Crippen LogP contribution >= 0.6 is 0 Å². The van der Waals surface area contributed by atoms with Gasteiger partial charge < -0.3 is 33.3 Å².